The summed E-state index contributed by atoms with van der Waals surface area (Å²) in [6, 6.07) is 8.88. The lowest BCUT2D eigenvalue weighted by Crippen LogP contribution is -2.17. The summed E-state index contributed by atoms with van der Waals surface area (Å²) in [7, 11) is 1.93. The van der Waals surface area contributed by atoms with Crippen molar-refractivity contribution < 1.29 is 0 Å². The van der Waals surface area contributed by atoms with Gasteiger partial charge in [0.2, 0.25) is 0 Å². The SMILES string of the molecule is CNC(CCl)c1ccc(SC(C)C)cc1. The first-order valence-corrected chi connectivity index (χ1v) is 6.58. The highest BCUT2D eigenvalue weighted by Crippen LogP contribution is 2.24. The predicted molar refractivity (Wildman–Crippen MR) is 70.0 cm³/mol. The van der Waals surface area contributed by atoms with Gasteiger partial charge < -0.3 is 5.32 Å². The quantitative estimate of drug-likeness (QED) is 0.626. The Bertz CT molecular complexity index is 280. The third-order valence-electron chi connectivity index (χ3n) is 2.16. The zero-order valence-electron chi connectivity index (χ0n) is 9.46. The molecule has 0 aromatic heterocycles. The van der Waals surface area contributed by atoms with Gasteiger partial charge in [-0.2, -0.15) is 0 Å². The van der Waals surface area contributed by atoms with Crippen LogP contribution in [0.15, 0.2) is 29.2 Å². The predicted octanol–water partition coefficient (Wildman–Crippen LogP) is 3.69. The van der Waals surface area contributed by atoms with E-state index >= 15 is 0 Å². The molecule has 1 aromatic rings. The third-order valence-corrected chi connectivity index (χ3v) is 3.48. The van der Waals surface area contributed by atoms with Gasteiger partial charge in [0.1, 0.15) is 0 Å². The Balaban J connectivity index is 2.71. The topological polar surface area (TPSA) is 12.0 Å². The van der Waals surface area contributed by atoms with Crippen LogP contribution in [0.5, 0.6) is 0 Å². The fourth-order valence-electron chi connectivity index (χ4n) is 1.38. The van der Waals surface area contributed by atoms with Crippen LogP contribution in [0.3, 0.4) is 0 Å². The van der Waals surface area contributed by atoms with Crippen molar-refractivity contribution >= 4 is 23.4 Å². The number of hydrogen-bond acceptors (Lipinski definition) is 2. The van der Waals surface area contributed by atoms with Gasteiger partial charge in [-0.05, 0) is 24.7 Å². The molecule has 1 rings (SSSR count). The number of thioether (sulfide) groups is 1. The van der Waals surface area contributed by atoms with E-state index in [1.54, 1.807) is 0 Å². The molecule has 84 valence electrons. The smallest absolute Gasteiger partial charge is 0.0455 e. The number of hydrogen-bond donors (Lipinski definition) is 1. The molecule has 0 aliphatic carbocycles. The van der Waals surface area contributed by atoms with Crippen LogP contribution in [-0.2, 0) is 0 Å². The van der Waals surface area contributed by atoms with Gasteiger partial charge in [-0.1, -0.05) is 26.0 Å². The molecule has 0 saturated heterocycles. The molecule has 0 aliphatic heterocycles. The van der Waals surface area contributed by atoms with Gasteiger partial charge in [0, 0.05) is 22.1 Å². The van der Waals surface area contributed by atoms with E-state index in [1.807, 2.05) is 18.8 Å². The molecule has 1 aromatic carbocycles. The van der Waals surface area contributed by atoms with Gasteiger partial charge >= 0.3 is 0 Å². The first-order chi connectivity index (χ1) is 7.17. The first kappa shape index (κ1) is 12.9. The Kier molecular flexibility index (Phi) is 5.51. The Morgan fingerprint density at radius 3 is 2.27 bits per heavy atom. The van der Waals surface area contributed by atoms with Gasteiger partial charge in [0.05, 0.1) is 0 Å². The lowest BCUT2D eigenvalue weighted by atomic mass is 10.1. The number of rotatable bonds is 5. The summed E-state index contributed by atoms with van der Waals surface area (Å²) >= 11 is 7.74. The molecule has 1 nitrogen and oxygen atoms in total. The molecule has 1 atom stereocenters. The third kappa shape index (κ3) is 4.06. The molecular formula is C12H18ClNS. The Morgan fingerprint density at radius 2 is 1.87 bits per heavy atom. The largest absolute Gasteiger partial charge is 0.312 e. The fraction of sp³-hybridized carbons (Fsp3) is 0.500. The average molecular weight is 244 g/mol. The highest BCUT2D eigenvalue weighted by molar-refractivity contribution is 7.99. The Morgan fingerprint density at radius 1 is 1.27 bits per heavy atom. The normalized spacial score (nSPS) is 13.1. The van der Waals surface area contributed by atoms with Crippen molar-refractivity contribution in [3.8, 4) is 0 Å². The summed E-state index contributed by atoms with van der Waals surface area (Å²) in [6.45, 7) is 4.40. The maximum absolute atomic E-state index is 5.86. The molecule has 1 unspecified atom stereocenters. The Labute approximate surface area is 102 Å². The molecule has 1 N–H and O–H groups in total. The molecule has 3 heteroatoms. The van der Waals surface area contributed by atoms with Crippen LogP contribution in [0.1, 0.15) is 25.5 Å². The summed E-state index contributed by atoms with van der Waals surface area (Å²) in [5, 5.41) is 3.82. The second-order valence-corrected chi connectivity index (χ2v) is 5.69. The Hall–Kier alpha value is -0.180. The molecule has 0 fully saturated rings. The molecule has 15 heavy (non-hydrogen) atoms. The van der Waals surface area contributed by atoms with Crippen LogP contribution in [0.2, 0.25) is 0 Å². The lowest BCUT2D eigenvalue weighted by molar-refractivity contribution is 0.658. The van der Waals surface area contributed by atoms with E-state index in [1.165, 1.54) is 10.5 Å². The summed E-state index contributed by atoms with van der Waals surface area (Å²) in [6.07, 6.45) is 0. The van der Waals surface area contributed by atoms with Crippen molar-refractivity contribution in [3.05, 3.63) is 29.8 Å². The molecular weight excluding hydrogens is 226 g/mol. The second kappa shape index (κ2) is 6.41. The summed E-state index contributed by atoms with van der Waals surface area (Å²) in [5.74, 6) is 0.604. The van der Waals surface area contributed by atoms with E-state index in [4.69, 9.17) is 11.6 Å². The minimum atomic E-state index is 0.254. The summed E-state index contributed by atoms with van der Waals surface area (Å²) in [5.41, 5.74) is 1.25. The van der Waals surface area contributed by atoms with Gasteiger partial charge in [0.25, 0.3) is 0 Å². The van der Waals surface area contributed by atoms with Crippen molar-refractivity contribution in [2.24, 2.45) is 0 Å². The molecule has 0 aliphatic rings. The standard InChI is InChI=1S/C12H18ClNS/c1-9(2)15-11-6-4-10(5-7-11)12(8-13)14-3/h4-7,9,12,14H,8H2,1-3H3. The molecule has 0 spiro atoms. The summed E-state index contributed by atoms with van der Waals surface area (Å²) < 4.78 is 0. The molecule has 0 saturated carbocycles. The van der Waals surface area contributed by atoms with Crippen molar-refractivity contribution in [3.63, 3.8) is 0 Å². The van der Waals surface area contributed by atoms with Crippen LogP contribution in [0.25, 0.3) is 0 Å². The van der Waals surface area contributed by atoms with Gasteiger partial charge in [-0.3, -0.25) is 0 Å². The lowest BCUT2D eigenvalue weighted by Gasteiger charge is -2.13. The van der Waals surface area contributed by atoms with Crippen LogP contribution in [0, 0.1) is 0 Å². The van der Waals surface area contributed by atoms with E-state index in [2.05, 4.69) is 43.4 Å². The van der Waals surface area contributed by atoms with E-state index in [0.29, 0.717) is 11.1 Å². The van der Waals surface area contributed by atoms with E-state index in [-0.39, 0.29) is 6.04 Å². The molecule has 0 amide bonds. The van der Waals surface area contributed by atoms with E-state index in [9.17, 15) is 0 Å². The number of nitrogens with one attached hydrogen (secondary N) is 1. The van der Waals surface area contributed by atoms with Crippen molar-refractivity contribution in [2.45, 2.75) is 30.0 Å². The number of benzene rings is 1. The van der Waals surface area contributed by atoms with E-state index < -0.39 is 0 Å². The molecule has 0 radical (unpaired) electrons. The zero-order chi connectivity index (χ0) is 11.3. The summed E-state index contributed by atoms with van der Waals surface area (Å²) in [4.78, 5) is 1.32. The minimum absolute atomic E-state index is 0.254. The molecule has 0 heterocycles. The first-order valence-electron chi connectivity index (χ1n) is 5.17. The van der Waals surface area contributed by atoms with Crippen LogP contribution in [-0.4, -0.2) is 18.2 Å². The van der Waals surface area contributed by atoms with Gasteiger partial charge in [-0.15, -0.1) is 23.4 Å². The maximum Gasteiger partial charge on any atom is 0.0455 e. The van der Waals surface area contributed by atoms with Crippen LogP contribution >= 0.6 is 23.4 Å². The van der Waals surface area contributed by atoms with Crippen LogP contribution in [0.4, 0.5) is 0 Å². The molecule has 0 bridgehead atoms. The van der Waals surface area contributed by atoms with Crippen molar-refractivity contribution in [1.29, 1.82) is 0 Å². The highest BCUT2D eigenvalue weighted by atomic mass is 35.5. The maximum atomic E-state index is 5.86. The van der Waals surface area contributed by atoms with Gasteiger partial charge in [-0.25, -0.2) is 0 Å². The highest BCUT2D eigenvalue weighted by Gasteiger charge is 2.07. The minimum Gasteiger partial charge on any atom is -0.312 e. The van der Waals surface area contributed by atoms with Crippen LogP contribution < -0.4 is 5.32 Å². The number of halogens is 1. The second-order valence-electron chi connectivity index (χ2n) is 3.73. The van der Waals surface area contributed by atoms with E-state index in [0.717, 1.165) is 0 Å². The van der Waals surface area contributed by atoms with Crippen molar-refractivity contribution in [2.75, 3.05) is 12.9 Å². The average Bonchev–Trinajstić information content (AvgIpc) is 2.21. The monoisotopic (exact) mass is 243 g/mol. The fourth-order valence-corrected chi connectivity index (χ4v) is 2.55. The zero-order valence-corrected chi connectivity index (χ0v) is 11.0. The van der Waals surface area contributed by atoms with Crippen molar-refractivity contribution in [1.82, 2.24) is 5.32 Å². The number of alkyl halides is 1. The van der Waals surface area contributed by atoms with Gasteiger partial charge in [0.15, 0.2) is 0 Å².